The Labute approximate surface area is 136 Å². The quantitative estimate of drug-likeness (QED) is 0.556. The molecule has 1 aliphatic rings. The van der Waals surface area contributed by atoms with Gasteiger partial charge in [-0.2, -0.15) is 0 Å². The highest BCUT2D eigenvalue weighted by Gasteiger charge is 2.17. The van der Waals surface area contributed by atoms with E-state index in [-0.39, 0.29) is 0 Å². The van der Waals surface area contributed by atoms with Gasteiger partial charge in [-0.1, -0.05) is 83.7 Å². The number of benzene rings is 2. The molecule has 0 aromatic heterocycles. The topological polar surface area (TPSA) is 0 Å². The first-order chi connectivity index (χ1) is 10.3. The largest absolute Gasteiger partial charge is 0.0786 e. The van der Waals surface area contributed by atoms with Gasteiger partial charge in [0.25, 0.3) is 0 Å². The molecule has 0 nitrogen and oxygen atoms in total. The Morgan fingerprint density at radius 3 is 2.24 bits per heavy atom. The summed E-state index contributed by atoms with van der Waals surface area (Å²) in [6.45, 7) is 2.18. The van der Waals surface area contributed by atoms with Gasteiger partial charge in [0, 0.05) is 0 Å². The second-order valence-corrected chi connectivity index (χ2v) is 7.14. The standard InChI is InChI=1S/C20H23Br/c1-15-7-5-6-10-19(15)20(21)18-13-11-17(12-14-18)16-8-3-2-4-9-16/h5-7,10-14,16,20H,2-4,8-9H2,1H3. The van der Waals surface area contributed by atoms with Gasteiger partial charge in [-0.25, -0.2) is 0 Å². The Hall–Kier alpha value is -1.08. The molecule has 2 aromatic rings. The summed E-state index contributed by atoms with van der Waals surface area (Å²) in [6.07, 6.45) is 6.96. The fourth-order valence-electron chi connectivity index (χ4n) is 3.42. The summed E-state index contributed by atoms with van der Waals surface area (Å²) < 4.78 is 0. The minimum atomic E-state index is 0.291. The molecule has 1 atom stereocenters. The van der Waals surface area contributed by atoms with Crippen molar-refractivity contribution in [3.05, 3.63) is 70.8 Å². The van der Waals surface area contributed by atoms with Crippen molar-refractivity contribution in [1.82, 2.24) is 0 Å². The molecule has 0 amide bonds. The molecule has 110 valence electrons. The third-order valence-electron chi connectivity index (χ3n) is 4.77. The third kappa shape index (κ3) is 3.40. The Kier molecular flexibility index (Phi) is 4.80. The van der Waals surface area contributed by atoms with Gasteiger partial charge in [-0.15, -0.1) is 0 Å². The maximum Gasteiger partial charge on any atom is 0.0647 e. The molecule has 3 rings (SSSR count). The maximum atomic E-state index is 3.87. The van der Waals surface area contributed by atoms with Crippen LogP contribution in [0.1, 0.15) is 65.1 Å². The molecule has 1 aliphatic carbocycles. The average Bonchev–Trinajstić information content (AvgIpc) is 2.56. The van der Waals surface area contributed by atoms with Gasteiger partial charge >= 0.3 is 0 Å². The van der Waals surface area contributed by atoms with Crippen molar-refractivity contribution >= 4 is 15.9 Å². The zero-order valence-electron chi connectivity index (χ0n) is 12.7. The van der Waals surface area contributed by atoms with Crippen LogP contribution < -0.4 is 0 Å². The zero-order valence-corrected chi connectivity index (χ0v) is 14.3. The van der Waals surface area contributed by atoms with Crippen LogP contribution in [0.15, 0.2) is 48.5 Å². The highest BCUT2D eigenvalue weighted by molar-refractivity contribution is 9.09. The number of hydrogen-bond acceptors (Lipinski definition) is 0. The summed E-state index contributed by atoms with van der Waals surface area (Å²) in [5, 5.41) is 0. The van der Waals surface area contributed by atoms with Gasteiger partial charge in [0.1, 0.15) is 0 Å². The fourth-order valence-corrected chi connectivity index (χ4v) is 4.24. The van der Waals surface area contributed by atoms with E-state index >= 15 is 0 Å². The minimum Gasteiger partial charge on any atom is -0.0786 e. The summed E-state index contributed by atoms with van der Waals surface area (Å²) >= 11 is 3.87. The Balaban J connectivity index is 1.79. The first-order valence-electron chi connectivity index (χ1n) is 8.05. The van der Waals surface area contributed by atoms with Crippen LogP contribution in [0.3, 0.4) is 0 Å². The highest BCUT2D eigenvalue weighted by Crippen LogP contribution is 2.36. The van der Waals surface area contributed by atoms with Crippen molar-refractivity contribution in [2.75, 3.05) is 0 Å². The Morgan fingerprint density at radius 2 is 1.57 bits per heavy atom. The molecule has 0 bridgehead atoms. The van der Waals surface area contributed by atoms with E-state index in [2.05, 4.69) is 71.4 Å². The lowest BCUT2D eigenvalue weighted by atomic mass is 9.84. The molecule has 1 fully saturated rings. The SMILES string of the molecule is Cc1ccccc1C(Br)c1ccc(C2CCCCC2)cc1. The van der Waals surface area contributed by atoms with E-state index in [1.54, 1.807) is 0 Å². The third-order valence-corrected chi connectivity index (χ3v) is 5.79. The van der Waals surface area contributed by atoms with Crippen molar-refractivity contribution in [2.24, 2.45) is 0 Å². The van der Waals surface area contributed by atoms with Crippen LogP contribution in [0.25, 0.3) is 0 Å². The van der Waals surface area contributed by atoms with Crippen LogP contribution >= 0.6 is 15.9 Å². The van der Waals surface area contributed by atoms with Crippen molar-refractivity contribution in [3.63, 3.8) is 0 Å². The van der Waals surface area contributed by atoms with E-state index in [4.69, 9.17) is 0 Å². The van der Waals surface area contributed by atoms with Gasteiger partial charge in [0.05, 0.1) is 4.83 Å². The number of alkyl halides is 1. The molecular weight excluding hydrogens is 320 g/mol. The monoisotopic (exact) mass is 342 g/mol. The first-order valence-corrected chi connectivity index (χ1v) is 8.97. The van der Waals surface area contributed by atoms with Crippen LogP contribution in [0.5, 0.6) is 0 Å². The van der Waals surface area contributed by atoms with Crippen molar-refractivity contribution < 1.29 is 0 Å². The molecule has 0 heterocycles. The predicted octanol–water partition coefficient (Wildman–Crippen LogP) is 6.53. The molecule has 1 unspecified atom stereocenters. The summed E-state index contributed by atoms with van der Waals surface area (Å²) in [5.41, 5.74) is 5.59. The van der Waals surface area contributed by atoms with Crippen molar-refractivity contribution in [1.29, 1.82) is 0 Å². The van der Waals surface area contributed by atoms with Gasteiger partial charge < -0.3 is 0 Å². The van der Waals surface area contributed by atoms with Crippen molar-refractivity contribution in [2.45, 2.75) is 49.8 Å². The molecule has 21 heavy (non-hydrogen) atoms. The van der Waals surface area contributed by atoms with E-state index in [0.717, 1.165) is 5.92 Å². The molecule has 0 saturated heterocycles. The number of aryl methyl sites for hydroxylation is 1. The van der Waals surface area contributed by atoms with Crippen LogP contribution in [0, 0.1) is 6.92 Å². The second-order valence-electron chi connectivity index (χ2n) is 6.22. The van der Waals surface area contributed by atoms with Crippen LogP contribution in [0.2, 0.25) is 0 Å². The molecule has 0 N–H and O–H groups in total. The van der Waals surface area contributed by atoms with Crippen LogP contribution in [-0.4, -0.2) is 0 Å². The smallest absolute Gasteiger partial charge is 0.0647 e. The zero-order chi connectivity index (χ0) is 14.7. The van der Waals surface area contributed by atoms with E-state index in [9.17, 15) is 0 Å². The van der Waals surface area contributed by atoms with Crippen molar-refractivity contribution in [3.8, 4) is 0 Å². The van der Waals surface area contributed by atoms with Crippen LogP contribution in [-0.2, 0) is 0 Å². The predicted molar refractivity (Wildman–Crippen MR) is 94.2 cm³/mol. The van der Waals surface area contributed by atoms with E-state index in [1.165, 1.54) is 54.4 Å². The normalized spacial score (nSPS) is 17.6. The first kappa shape index (κ1) is 14.8. The van der Waals surface area contributed by atoms with Gasteiger partial charge in [-0.05, 0) is 47.9 Å². The summed E-state index contributed by atoms with van der Waals surface area (Å²) in [4.78, 5) is 0.291. The molecule has 2 aromatic carbocycles. The Bertz CT molecular complexity index is 579. The van der Waals surface area contributed by atoms with E-state index < -0.39 is 0 Å². The molecule has 1 saturated carbocycles. The molecule has 0 radical (unpaired) electrons. The van der Waals surface area contributed by atoms with Gasteiger partial charge in [-0.3, -0.25) is 0 Å². The Morgan fingerprint density at radius 1 is 0.905 bits per heavy atom. The molecule has 0 aliphatic heterocycles. The highest BCUT2D eigenvalue weighted by atomic mass is 79.9. The van der Waals surface area contributed by atoms with E-state index in [0.29, 0.717) is 4.83 Å². The van der Waals surface area contributed by atoms with Gasteiger partial charge in [0.2, 0.25) is 0 Å². The van der Waals surface area contributed by atoms with Crippen LogP contribution in [0.4, 0.5) is 0 Å². The molecular formula is C20H23Br. The molecule has 0 spiro atoms. The minimum absolute atomic E-state index is 0.291. The maximum absolute atomic E-state index is 3.87. The lowest BCUT2D eigenvalue weighted by molar-refractivity contribution is 0.443. The summed E-state index contributed by atoms with van der Waals surface area (Å²) in [7, 11) is 0. The second kappa shape index (κ2) is 6.79. The number of halogens is 1. The summed E-state index contributed by atoms with van der Waals surface area (Å²) in [6, 6.07) is 17.9. The lowest BCUT2D eigenvalue weighted by Crippen LogP contribution is -2.04. The number of hydrogen-bond donors (Lipinski definition) is 0. The van der Waals surface area contributed by atoms with Gasteiger partial charge in [0.15, 0.2) is 0 Å². The lowest BCUT2D eigenvalue weighted by Gasteiger charge is -2.22. The van der Waals surface area contributed by atoms with E-state index in [1.807, 2.05) is 0 Å². The average molecular weight is 343 g/mol. The summed E-state index contributed by atoms with van der Waals surface area (Å²) in [5.74, 6) is 0.792. The fraction of sp³-hybridized carbons (Fsp3) is 0.400. The number of rotatable bonds is 3. The molecule has 1 heteroatoms.